The summed E-state index contributed by atoms with van der Waals surface area (Å²) in [6.45, 7) is 2.62. The molecule has 1 aliphatic heterocycles. The second-order valence-electron chi connectivity index (χ2n) is 5.54. The fourth-order valence-corrected chi connectivity index (χ4v) is 4.34. The molecule has 21 heavy (non-hydrogen) atoms. The molecule has 4 nitrogen and oxygen atoms in total. The molecule has 1 heterocycles. The lowest BCUT2D eigenvalue weighted by Gasteiger charge is -2.16. The molecule has 0 saturated heterocycles. The van der Waals surface area contributed by atoms with Crippen LogP contribution in [0.15, 0.2) is 29.2 Å². The molecule has 0 aliphatic carbocycles. The number of hydrogen-bond donors (Lipinski definition) is 1. The minimum atomic E-state index is -3.49. The minimum absolute atomic E-state index is 0.122. The van der Waals surface area contributed by atoms with E-state index in [-0.39, 0.29) is 10.7 Å². The average Bonchev–Trinajstić information content (AvgIpc) is 2.67. The number of nitrogens with zero attached hydrogens (tertiary/aromatic N) is 1. The van der Waals surface area contributed by atoms with Gasteiger partial charge in [0.05, 0.1) is 4.90 Å². The number of nitrogens with one attached hydrogen (secondary N) is 1. The first-order valence-electron chi connectivity index (χ1n) is 7.79. The Morgan fingerprint density at radius 3 is 2.29 bits per heavy atom. The molecule has 0 amide bonds. The quantitative estimate of drug-likeness (QED) is 0.743. The van der Waals surface area contributed by atoms with Crippen molar-refractivity contribution in [1.29, 1.82) is 5.41 Å². The molecule has 0 saturated carbocycles. The van der Waals surface area contributed by atoms with Gasteiger partial charge in [0.15, 0.2) is 0 Å². The van der Waals surface area contributed by atoms with Crippen LogP contribution in [0.1, 0.15) is 57.4 Å². The summed E-state index contributed by atoms with van der Waals surface area (Å²) in [5.41, 5.74) is 0.528. The summed E-state index contributed by atoms with van der Waals surface area (Å²) in [5.74, 6) is 0.122. The molecular weight excluding hydrogens is 284 g/mol. The molecule has 0 atom stereocenters. The molecule has 1 aromatic carbocycles. The SMILES string of the molecule is CCCCCCCCCN1C(=N)c2ccccc2S1(=O)=O. The van der Waals surface area contributed by atoms with Gasteiger partial charge in [0.1, 0.15) is 5.84 Å². The van der Waals surface area contributed by atoms with Crippen molar-refractivity contribution in [3.05, 3.63) is 29.8 Å². The van der Waals surface area contributed by atoms with Gasteiger partial charge in [0, 0.05) is 12.1 Å². The maximum atomic E-state index is 12.4. The van der Waals surface area contributed by atoms with E-state index in [9.17, 15) is 8.42 Å². The van der Waals surface area contributed by atoms with Crippen molar-refractivity contribution in [1.82, 2.24) is 4.31 Å². The molecule has 5 heteroatoms. The topological polar surface area (TPSA) is 61.2 Å². The molecule has 0 spiro atoms. The minimum Gasteiger partial charge on any atom is -0.283 e. The molecule has 0 fully saturated rings. The molecule has 2 rings (SSSR count). The van der Waals surface area contributed by atoms with Crippen molar-refractivity contribution in [2.75, 3.05) is 6.54 Å². The van der Waals surface area contributed by atoms with E-state index in [1.807, 2.05) is 0 Å². The number of unbranched alkanes of at least 4 members (excludes halogenated alkanes) is 6. The summed E-state index contributed by atoms with van der Waals surface area (Å²) in [6.07, 6.45) is 8.00. The maximum Gasteiger partial charge on any atom is 0.266 e. The standard InChI is InChI=1S/C16H24N2O2S/c1-2-3-4-5-6-7-10-13-18-16(17)14-11-8-9-12-15(14)21(18,19)20/h8-9,11-12,17H,2-7,10,13H2,1H3. The highest BCUT2D eigenvalue weighted by Crippen LogP contribution is 2.30. The van der Waals surface area contributed by atoms with Crippen molar-refractivity contribution < 1.29 is 8.42 Å². The van der Waals surface area contributed by atoms with Crippen LogP contribution in [0.5, 0.6) is 0 Å². The van der Waals surface area contributed by atoms with Gasteiger partial charge >= 0.3 is 0 Å². The monoisotopic (exact) mass is 308 g/mol. The third-order valence-corrected chi connectivity index (χ3v) is 5.78. The van der Waals surface area contributed by atoms with E-state index < -0.39 is 10.0 Å². The van der Waals surface area contributed by atoms with Gasteiger partial charge in [0.25, 0.3) is 10.0 Å². The van der Waals surface area contributed by atoms with Gasteiger partial charge in [-0.2, -0.15) is 0 Å². The molecule has 116 valence electrons. The number of benzene rings is 1. The summed E-state index contributed by atoms with van der Waals surface area (Å²) in [5, 5.41) is 8.06. The summed E-state index contributed by atoms with van der Waals surface area (Å²) < 4.78 is 26.0. The fraction of sp³-hybridized carbons (Fsp3) is 0.562. The first-order valence-corrected chi connectivity index (χ1v) is 9.23. The first kappa shape index (κ1) is 16.0. The zero-order valence-electron chi connectivity index (χ0n) is 12.6. The van der Waals surface area contributed by atoms with Crippen molar-refractivity contribution in [2.45, 2.75) is 56.8 Å². The summed E-state index contributed by atoms with van der Waals surface area (Å²) in [4.78, 5) is 0.276. The number of rotatable bonds is 8. The van der Waals surface area contributed by atoms with Crippen molar-refractivity contribution in [2.24, 2.45) is 0 Å². The van der Waals surface area contributed by atoms with Crippen molar-refractivity contribution >= 4 is 15.9 Å². The van der Waals surface area contributed by atoms with Crippen molar-refractivity contribution in [3.63, 3.8) is 0 Å². The number of hydrogen-bond acceptors (Lipinski definition) is 3. The average molecular weight is 308 g/mol. The lowest BCUT2D eigenvalue weighted by atomic mass is 10.1. The number of amidine groups is 1. The van der Waals surface area contributed by atoms with Crippen LogP contribution < -0.4 is 0 Å². The summed E-state index contributed by atoms with van der Waals surface area (Å²) in [6, 6.07) is 6.78. The van der Waals surface area contributed by atoms with Gasteiger partial charge in [-0.1, -0.05) is 57.6 Å². The fourth-order valence-electron chi connectivity index (χ4n) is 2.70. The van der Waals surface area contributed by atoms with Gasteiger partial charge in [-0.3, -0.25) is 5.41 Å². The largest absolute Gasteiger partial charge is 0.283 e. The Labute approximate surface area is 127 Å². The molecule has 1 aliphatic rings. The number of sulfonamides is 1. The van der Waals surface area contributed by atoms with E-state index in [4.69, 9.17) is 5.41 Å². The van der Waals surface area contributed by atoms with Crippen LogP contribution in [0.4, 0.5) is 0 Å². The third kappa shape index (κ3) is 3.46. The Morgan fingerprint density at radius 2 is 1.62 bits per heavy atom. The zero-order valence-corrected chi connectivity index (χ0v) is 13.5. The Bertz CT molecular complexity index is 596. The third-order valence-electron chi connectivity index (χ3n) is 3.92. The molecule has 0 unspecified atom stereocenters. The normalized spacial score (nSPS) is 16.2. The highest BCUT2D eigenvalue weighted by molar-refractivity contribution is 7.90. The smallest absolute Gasteiger partial charge is 0.266 e. The van der Waals surface area contributed by atoms with E-state index in [1.165, 1.54) is 30.0 Å². The van der Waals surface area contributed by atoms with Crippen LogP contribution >= 0.6 is 0 Å². The molecule has 1 aromatic rings. The van der Waals surface area contributed by atoms with Gasteiger partial charge < -0.3 is 0 Å². The molecule has 1 N–H and O–H groups in total. The van der Waals surface area contributed by atoms with E-state index >= 15 is 0 Å². The van der Waals surface area contributed by atoms with Crippen molar-refractivity contribution in [3.8, 4) is 0 Å². The lowest BCUT2D eigenvalue weighted by molar-refractivity contribution is 0.501. The lowest BCUT2D eigenvalue weighted by Crippen LogP contribution is -2.31. The highest BCUT2D eigenvalue weighted by Gasteiger charge is 2.37. The number of fused-ring (bicyclic) bond motifs is 1. The maximum absolute atomic E-state index is 12.4. The Hall–Kier alpha value is -1.36. The zero-order chi connectivity index (χ0) is 15.3. The van der Waals surface area contributed by atoms with E-state index in [0.29, 0.717) is 12.1 Å². The van der Waals surface area contributed by atoms with Crippen LogP contribution in [0.2, 0.25) is 0 Å². The van der Waals surface area contributed by atoms with E-state index in [0.717, 1.165) is 19.3 Å². The molecule has 0 aromatic heterocycles. The van der Waals surface area contributed by atoms with E-state index in [2.05, 4.69) is 6.92 Å². The van der Waals surface area contributed by atoms with Crippen LogP contribution in [-0.4, -0.2) is 25.1 Å². The van der Waals surface area contributed by atoms with Gasteiger partial charge in [-0.15, -0.1) is 0 Å². The van der Waals surface area contributed by atoms with Crippen LogP contribution in [0, 0.1) is 5.41 Å². The second-order valence-corrected chi connectivity index (χ2v) is 7.37. The van der Waals surface area contributed by atoms with Crippen LogP contribution in [0.3, 0.4) is 0 Å². The molecule has 0 bridgehead atoms. The van der Waals surface area contributed by atoms with Gasteiger partial charge in [0.2, 0.25) is 0 Å². The Kier molecular flexibility index (Phi) is 5.39. The highest BCUT2D eigenvalue weighted by atomic mass is 32.2. The molecule has 0 radical (unpaired) electrons. The first-order chi connectivity index (χ1) is 10.1. The van der Waals surface area contributed by atoms with Crippen LogP contribution in [-0.2, 0) is 10.0 Å². The van der Waals surface area contributed by atoms with Gasteiger partial charge in [-0.05, 0) is 18.6 Å². The Balaban J connectivity index is 1.87. The second kappa shape index (κ2) is 7.07. The summed E-state index contributed by atoms with van der Waals surface area (Å²) >= 11 is 0. The van der Waals surface area contributed by atoms with Gasteiger partial charge in [-0.25, -0.2) is 12.7 Å². The van der Waals surface area contributed by atoms with E-state index in [1.54, 1.807) is 24.3 Å². The molecular formula is C16H24N2O2S. The predicted molar refractivity (Wildman–Crippen MR) is 85.2 cm³/mol. The Morgan fingerprint density at radius 1 is 1.00 bits per heavy atom. The summed E-state index contributed by atoms with van der Waals surface area (Å²) in [7, 11) is -3.49. The van der Waals surface area contributed by atoms with Crippen LogP contribution in [0.25, 0.3) is 0 Å². The predicted octanol–water partition coefficient (Wildman–Crippen LogP) is 3.77.